The summed E-state index contributed by atoms with van der Waals surface area (Å²) >= 11 is 0. The van der Waals surface area contributed by atoms with Crippen molar-refractivity contribution < 1.29 is 4.79 Å². The van der Waals surface area contributed by atoms with Crippen LogP contribution in [-0.4, -0.2) is 40.1 Å². The molecule has 10 heteroatoms. The van der Waals surface area contributed by atoms with Gasteiger partial charge in [-0.3, -0.25) is 19.1 Å². The van der Waals surface area contributed by atoms with Gasteiger partial charge >= 0.3 is 5.69 Å². The second-order valence-corrected chi connectivity index (χ2v) is 6.86. The minimum Gasteiger partial charge on any atom is -0.351 e. The van der Waals surface area contributed by atoms with Crippen LogP contribution < -0.4 is 21.9 Å². The Morgan fingerprint density at radius 3 is 2.41 bits per heavy atom. The summed E-state index contributed by atoms with van der Waals surface area (Å²) in [6.45, 7) is 10.3. The highest BCUT2D eigenvalue weighted by Gasteiger charge is 2.20. The predicted octanol–water partition coefficient (Wildman–Crippen LogP) is 2.19. The van der Waals surface area contributed by atoms with E-state index in [9.17, 15) is 14.4 Å². The van der Waals surface area contributed by atoms with Crippen LogP contribution in [0.4, 0.5) is 0 Å². The summed E-state index contributed by atoms with van der Waals surface area (Å²) in [5.74, 6) is -0.286. The van der Waals surface area contributed by atoms with Crippen LogP contribution in [-0.2, 0) is 6.54 Å². The van der Waals surface area contributed by atoms with Gasteiger partial charge in [-0.15, -0.1) is 24.8 Å². The fourth-order valence-electron chi connectivity index (χ4n) is 2.86. The summed E-state index contributed by atoms with van der Waals surface area (Å²) in [5.41, 5.74) is 0.111. The lowest BCUT2D eigenvalue weighted by molar-refractivity contribution is 0.0955. The molecular formula is C19H31Cl2N5O3. The Labute approximate surface area is 182 Å². The minimum atomic E-state index is -0.584. The van der Waals surface area contributed by atoms with E-state index >= 15 is 0 Å². The number of hydrogen-bond acceptors (Lipinski definition) is 5. The van der Waals surface area contributed by atoms with Gasteiger partial charge in [-0.2, -0.15) is 0 Å². The zero-order valence-electron chi connectivity index (χ0n) is 17.3. The van der Waals surface area contributed by atoms with Crippen LogP contribution in [0.5, 0.6) is 0 Å². The number of fused-ring (bicyclic) bond motifs is 1. The Kier molecular flexibility index (Phi) is 11.8. The molecule has 29 heavy (non-hydrogen) atoms. The molecule has 0 aliphatic rings. The molecule has 2 aromatic heterocycles. The molecule has 2 heterocycles. The molecule has 0 aliphatic carbocycles. The molecule has 0 saturated heterocycles. The molecule has 0 saturated carbocycles. The average molecular weight is 448 g/mol. The number of aromatic amines is 1. The van der Waals surface area contributed by atoms with Crippen molar-refractivity contribution >= 4 is 41.8 Å². The molecule has 2 aromatic rings. The summed E-state index contributed by atoms with van der Waals surface area (Å²) < 4.78 is 1.43. The third kappa shape index (κ3) is 6.55. The van der Waals surface area contributed by atoms with E-state index in [1.165, 1.54) is 4.57 Å². The highest BCUT2D eigenvalue weighted by molar-refractivity contribution is 6.05. The number of pyridine rings is 1. The fourth-order valence-corrected chi connectivity index (χ4v) is 2.86. The van der Waals surface area contributed by atoms with Gasteiger partial charge in [0, 0.05) is 25.3 Å². The fraction of sp³-hybridized carbons (Fsp3) is 0.579. The number of H-pyrrole nitrogens is 1. The molecule has 0 fully saturated rings. The van der Waals surface area contributed by atoms with Gasteiger partial charge in [0.05, 0.1) is 10.9 Å². The van der Waals surface area contributed by atoms with Gasteiger partial charge in [0.2, 0.25) is 0 Å². The second-order valence-electron chi connectivity index (χ2n) is 6.86. The molecule has 164 valence electrons. The lowest BCUT2D eigenvalue weighted by atomic mass is 10.0. The van der Waals surface area contributed by atoms with Crippen molar-refractivity contribution in [1.29, 1.82) is 0 Å². The number of aromatic nitrogens is 3. The quantitative estimate of drug-likeness (QED) is 0.510. The standard InChI is InChI=1S/C19H29N5O3.2ClH/c1-5-7-20-8-9-21-17(25)13-11-14(12(3)4)22-16-15(13)18(26)23-19(27)24(16)10-6-2;;/h11-12,20H,5-10H2,1-4H3,(H,21,25)(H,23,26,27);2*1H. The van der Waals surface area contributed by atoms with Crippen molar-refractivity contribution in [1.82, 2.24) is 25.2 Å². The monoisotopic (exact) mass is 447 g/mol. The average Bonchev–Trinajstić information content (AvgIpc) is 2.63. The van der Waals surface area contributed by atoms with Gasteiger partial charge in [-0.25, -0.2) is 9.78 Å². The molecule has 0 unspecified atom stereocenters. The van der Waals surface area contributed by atoms with Crippen LogP contribution in [0.25, 0.3) is 11.0 Å². The third-order valence-electron chi connectivity index (χ3n) is 4.27. The van der Waals surface area contributed by atoms with Gasteiger partial charge in [0.15, 0.2) is 5.65 Å². The number of rotatable bonds is 9. The Hall–Kier alpha value is -1.90. The van der Waals surface area contributed by atoms with Crippen molar-refractivity contribution in [2.75, 3.05) is 19.6 Å². The minimum absolute atomic E-state index is 0. The van der Waals surface area contributed by atoms with Gasteiger partial charge in [-0.1, -0.05) is 27.7 Å². The molecule has 0 spiro atoms. The number of amides is 1. The van der Waals surface area contributed by atoms with Crippen LogP contribution in [0.3, 0.4) is 0 Å². The summed E-state index contributed by atoms with van der Waals surface area (Å²) in [4.78, 5) is 44.3. The molecule has 3 N–H and O–H groups in total. The molecule has 0 bridgehead atoms. The first kappa shape index (κ1) is 27.1. The van der Waals surface area contributed by atoms with Crippen molar-refractivity contribution in [3.05, 3.63) is 38.2 Å². The number of carbonyl (C=O) groups is 1. The number of aryl methyl sites for hydroxylation is 1. The highest BCUT2D eigenvalue weighted by atomic mass is 35.5. The number of nitrogens with zero attached hydrogens (tertiary/aromatic N) is 2. The maximum Gasteiger partial charge on any atom is 0.329 e. The van der Waals surface area contributed by atoms with Gasteiger partial charge < -0.3 is 10.6 Å². The molecule has 8 nitrogen and oxygen atoms in total. The topological polar surface area (TPSA) is 109 Å². The number of nitrogens with one attached hydrogen (secondary N) is 3. The van der Waals surface area contributed by atoms with Gasteiger partial charge in [0.1, 0.15) is 0 Å². The predicted molar refractivity (Wildman–Crippen MR) is 121 cm³/mol. The zero-order valence-corrected chi connectivity index (χ0v) is 19.0. The van der Waals surface area contributed by atoms with E-state index < -0.39 is 11.2 Å². The van der Waals surface area contributed by atoms with Gasteiger partial charge in [0.25, 0.3) is 11.5 Å². The summed E-state index contributed by atoms with van der Waals surface area (Å²) in [7, 11) is 0. The largest absolute Gasteiger partial charge is 0.351 e. The van der Waals surface area contributed by atoms with Crippen molar-refractivity contribution in [2.45, 2.75) is 53.0 Å². The second kappa shape index (κ2) is 12.6. The molecule has 0 aliphatic heterocycles. The summed E-state index contributed by atoms with van der Waals surface area (Å²) in [6.07, 6.45) is 1.73. The van der Waals surface area contributed by atoms with E-state index in [1.54, 1.807) is 6.07 Å². The molecule has 2 rings (SSSR count). The van der Waals surface area contributed by atoms with Crippen LogP contribution in [0.15, 0.2) is 15.7 Å². The van der Waals surface area contributed by atoms with Gasteiger partial charge in [-0.05, 0) is 31.4 Å². The first-order valence-corrected chi connectivity index (χ1v) is 9.57. The Bertz CT molecular complexity index is 924. The Morgan fingerprint density at radius 2 is 1.83 bits per heavy atom. The van der Waals surface area contributed by atoms with Crippen LogP contribution in [0.2, 0.25) is 0 Å². The SMILES string of the molecule is CCCNCCNC(=O)c1cc(C(C)C)nc2c1c(=O)[nH]c(=O)n2CCC.Cl.Cl. The summed E-state index contributed by atoms with van der Waals surface area (Å²) in [6, 6.07) is 1.65. The lowest BCUT2D eigenvalue weighted by Gasteiger charge is -2.14. The molecular weight excluding hydrogens is 417 g/mol. The number of hydrogen-bond donors (Lipinski definition) is 3. The van der Waals surface area contributed by atoms with Crippen LogP contribution in [0.1, 0.15) is 62.5 Å². The van der Waals surface area contributed by atoms with Crippen molar-refractivity contribution in [3.63, 3.8) is 0 Å². The Balaban J connectivity index is 0.00000392. The number of halogens is 2. The van der Waals surface area contributed by atoms with Crippen molar-refractivity contribution in [2.24, 2.45) is 0 Å². The normalized spacial score (nSPS) is 10.5. The first-order valence-electron chi connectivity index (χ1n) is 9.57. The molecule has 1 amide bonds. The highest BCUT2D eigenvalue weighted by Crippen LogP contribution is 2.19. The third-order valence-corrected chi connectivity index (χ3v) is 4.27. The van der Waals surface area contributed by atoms with Crippen LogP contribution in [0, 0.1) is 0 Å². The summed E-state index contributed by atoms with van der Waals surface area (Å²) in [5, 5.41) is 6.21. The van der Waals surface area contributed by atoms with E-state index in [4.69, 9.17) is 0 Å². The number of carbonyl (C=O) groups excluding carboxylic acids is 1. The lowest BCUT2D eigenvalue weighted by Crippen LogP contribution is -2.35. The van der Waals surface area contributed by atoms with E-state index in [-0.39, 0.29) is 53.2 Å². The van der Waals surface area contributed by atoms with E-state index in [2.05, 4.69) is 27.5 Å². The van der Waals surface area contributed by atoms with Crippen LogP contribution >= 0.6 is 24.8 Å². The van der Waals surface area contributed by atoms with Crippen molar-refractivity contribution in [3.8, 4) is 0 Å². The maximum atomic E-state index is 12.8. The molecule has 0 aromatic carbocycles. The molecule has 0 atom stereocenters. The first-order chi connectivity index (χ1) is 12.9. The van der Waals surface area contributed by atoms with E-state index in [0.717, 1.165) is 13.0 Å². The Morgan fingerprint density at radius 1 is 1.14 bits per heavy atom. The maximum absolute atomic E-state index is 12.8. The van der Waals surface area contributed by atoms with E-state index in [0.29, 0.717) is 31.7 Å². The van der Waals surface area contributed by atoms with E-state index in [1.807, 2.05) is 20.8 Å². The smallest absolute Gasteiger partial charge is 0.329 e. The zero-order chi connectivity index (χ0) is 20.0. The molecule has 0 radical (unpaired) electrons.